The second-order valence-electron chi connectivity index (χ2n) is 5.05. The lowest BCUT2D eigenvalue weighted by Gasteiger charge is -2.17. The number of hydrogen-bond acceptors (Lipinski definition) is 3. The van der Waals surface area contributed by atoms with Gasteiger partial charge in [-0.2, -0.15) is 10.2 Å². The van der Waals surface area contributed by atoms with Gasteiger partial charge in [0.2, 0.25) is 0 Å². The summed E-state index contributed by atoms with van der Waals surface area (Å²) < 4.78 is 5.01. The molecule has 0 fully saturated rings. The quantitative estimate of drug-likeness (QED) is 0.909. The van der Waals surface area contributed by atoms with Crippen LogP contribution in [0.15, 0.2) is 10.5 Å². The second-order valence-corrected chi connectivity index (χ2v) is 5.85. The monoisotopic (exact) mass is 339 g/mol. The van der Waals surface area contributed by atoms with Gasteiger partial charge in [-0.3, -0.25) is 9.36 Å². The number of hydrogen-bond donors (Lipinski definition) is 1. The molecule has 6 heteroatoms. The minimum atomic E-state index is 0.221. The lowest BCUT2D eigenvalue weighted by atomic mass is 10.1. The van der Waals surface area contributed by atoms with Crippen molar-refractivity contribution in [1.29, 1.82) is 0 Å². The third kappa shape index (κ3) is 2.81. The summed E-state index contributed by atoms with van der Waals surface area (Å²) in [7, 11) is 5.98. The average molecular weight is 340 g/mol. The second kappa shape index (κ2) is 6.10. The third-order valence-electron chi connectivity index (χ3n) is 3.69. The summed E-state index contributed by atoms with van der Waals surface area (Å²) >= 11 is 3.64. The van der Waals surface area contributed by atoms with Gasteiger partial charge in [-0.25, -0.2) is 0 Å². The van der Waals surface area contributed by atoms with Gasteiger partial charge in [0.05, 0.1) is 33.3 Å². The molecule has 5 nitrogen and oxygen atoms in total. The van der Waals surface area contributed by atoms with Crippen LogP contribution < -0.4 is 5.32 Å². The molecular weight excluding hydrogens is 318 g/mol. The van der Waals surface area contributed by atoms with Crippen molar-refractivity contribution in [2.45, 2.75) is 32.7 Å². The van der Waals surface area contributed by atoms with Crippen LogP contribution in [0.4, 0.5) is 0 Å². The largest absolute Gasteiger partial charge is 0.311 e. The molecule has 0 saturated carbocycles. The van der Waals surface area contributed by atoms with E-state index in [1.165, 1.54) is 11.4 Å². The molecule has 0 saturated heterocycles. The molecule has 2 aromatic heterocycles. The van der Waals surface area contributed by atoms with Crippen LogP contribution in [0.3, 0.4) is 0 Å². The zero-order chi connectivity index (χ0) is 14.9. The Kier molecular flexibility index (Phi) is 4.65. The van der Waals surface area contributed by atoms with Crippen LogP contribution in [-0.2, 0) is 26.9 Å². The molecule has 0 bridgehead atoms. The number of aryl methyl sites for hydroxylation is 4. The van der Waals surface area contributed by atoms with E-state index in [4.69, 9.17) is 0 Å². The SMILES string of the molecule is CCc1cc(C(Cc2c(Br)c(C)nn2C)NC)n(C)n1. The van der Waals surface area contributed by atoms with Gasteiger partial charge in [0.15, 0.2) is 0 Å². The van der Waals surface area contributed by atoms with E-state index in [-0.39, 0.29) is 6.04 Å². The molecule has 110 valence electrons. The summed E-state index contributed by atoms with van der Waals surface area (Å²) in [5, 5.41) is 12.4. The van der Waals surface area contributed by atoms with Gasteiger partial charge < -0.3 is 5.32 Å². The summed E-state index contributed by atoms with van der Waals surface area (Å²) in [5.74, 6) is 0. The number of aromatic nitrogens is 4. The molecule has 0 spiro atoms. The summed E-state index contributed by atoms with van der Waals surface area (Å²) in [6, 6.07) is 2.40. The fraction of sp³-hybridized carbons (Fsp3) is 0.571. The maximum absolute atomic E-state index is 4.53. The Bertz CT molecular complexity index is 599. The Labute approximate surface area is 128 Å². The van der Waals surface area contributed by atoms with Crippen molar-refractivity contribution in [3.8, 4) is 0 Å². The number of rotatable bonds is 5. The minimum absolute atomic E-state index is 0.221. The molecule has 2 aromatic rings. The van der Waals surface area contributed by atoms with E-state index < -0.39 is 0 Å². The topological polar surface area (TPSA) is 47.7 Å². The van der Waals surface area contributed by atoms with Crippen LogP contribution in [0.1, 0.15) is 35.7 Å². The van der Waals surface area contributed by atoms with Gasteiger partial charge >= 0.3 is 0 Å². The first-order chi connectivity index (χ1) is 9.47. The molecule has 0 aliphatic carbocycles. The van der Waals surface area contributed by atoms with Crippen molar-refractivity contribution in [2.24, 2.45) is 14.1 Å². The molecule has 2 rings (SSSR count). The number of nitrogens with zero attached hydrogens (tertiary/aromatic N) is 4. The highest BCUT2D eigenvalue weighted by atomic mass is 79.9. The Hall–Kier alpha value is -1.14. The van der Waals surface area contributed by atoms with Gasteiger partial charge in [-0.15, -0.1) is 0 Å². The van der Waals surface area contributed by atoms with Gasteiger partial charge in [-0.05, 0) is 42.4 Å². The Morgan fingerprint density at radius 1 is 1.30 bits per heavy atom. The van der Waals surface area contributed by atoms with E-state index in [0.29, 0.717) is 0 Å². The van der Waals surface area contributed by atoms with Gasteiger partial charge in [0.25, 0.3) is 0 Å². The van der Waals surface area contributed by atoms with E-state index in [0.717, 1.165) is 28.7 Å². The molecule has 20 heavy (non-hydrogen) atoms. The van der Waals surface area contributed by atoms with E-state index in [1.807, 2.05) is 37.4 Å². The summed E-state index contributed by atoms with van der Waals surface area (Å²) in [6.07, 6.45) is 1.83. The molecular formula is C14H22BrN5. The van der Waals surface area contributed by atoms with Crippen molar-refractivity contribution in [1.82, 2.24) is 24.9 Å². The molecule has 1 atom stereocenters. The first-order valence-electron chi connectivity index (χ1n) is 6.85. The fourth-order valence-electron chi connectivity index (χ4n) is 2.49. The van der Waals surface area contributed by atoms with E-state index in [9.17, 15) is 0 Å². The normalized spacial score (nSPS) is 12.9. The van der Waals surface area contributed by atoms with Gasteiger partial charge in [-0.1, -0.05) is 6.92 Å². The van der Waals surface area contributed by atoms with E-state index in [2.05, 4.69) is 44.4 Å². The van der Waals surface area contributed by atoms with Gasteiger partial charge in [0, 0.05) is 20.5 Å². The van der Waals surface area contributed by atoms with Crippen molar-refractivity contribution in [3.63, 3.8) is 0 Å². The number of nitrogens with one attached hydrogen (secondary N) is 1. The molecule has 0 aromatic carbocycles. The molecule has 0 amide bonds. The maximum Gasteiger partial charge on any atom is 0.0738 e. The van der Waals surface area contributed by atoms with Gasteiger partial charge in [0.1, 0.15) is 0 Å². The first-order valence-corrected chi connectivity index (χ1v) is 7.65. The summed E-state index contributed by atoms with van der Waals surface area (Å²) in [4.78, 5) is 0. The first kappa shape index (κ1) is 15.3. The lowest BCUT2D eigenvalue weighted by molar-refractivity contribution is 0.518. The Morgan fingerprint density at radius 3 is 2.45 bits per heavy atom. The maximum atomic E-state index is 4.53. The van der Waals surface area contributed by atoms with Crippen LogP contribution in [0.2, 0.25) is 0 Å². The highest BCUT2D eigenvalue weighted by molar-refractivity contribution is 9.10. The Balaban J connectivity index is 2.31. The molecule has 1 unspecified atom stereocenters. The van der Waals surface area contributed by atoms with Crippen molar-refractivity contribution in [2.75, 3.05) is 7.05 Å². The summed E-state index contributed by atoms with van der Waals surface area (Å²) in [5.41, 5.74) is 4.55. The van der Waals surface area contributed by atoms with Crippen LogP contribution in [0.5, 0.6) is 0 Å². The predicted molar refractivity (Wildman–Crippen MR) is 83.7 cm³/mol. The fourth-order valence-corrected chi connectivity index (χ4v) is 2.99. The van der Waals surface area contributed by atoms with Crippen LogP contribution >= 0.6 is 15.9 Å². The Morgan fingerprint density at radius 2 is 2.00 bits per heavy atom. The van der Waals surface area contributed by atoms with Crippen molar-refractivity contribution >= 4 is 15.9 Å². The van der Waals surface area contributed by atoms with Crippen LogP contribution in [0, 0.1) is 6.92 Å². The summed E-state index contributed by atoms with van der Waals surface area (Å²) in [6.45, 7) is 4.14. The minimum Gasteiger partial charge on any atom is -0.311 e. The van der Waals surface area contributed by atoms with Crippen LogP contribution in [0.25, 0.3) is 0 Å². The zero-order valence-corrected chi connectivity index (χ0v) is 14.3. The van der Waals surface area contributed by atoms with Crippen LogP contribution in [-0.4, -0.2) is 26.6 Å². The predicted octanol–water partition coefficient (Wildman–Crippen LogP) is 2.29. The molecule has 0 radical (unpaired) electrons. The molecule has 0 aliphatic heterocycles. The molecule has 0 aliphatic rings. The molecule has 1 N–H and O–H groups in total. The number of likely N-dealkylation sites (N-methyl/N-ethyl adjacent to an activating group) is 1. The van der Waals surface area contributed by atoms with E-state index >= 15 is 0 Å². The highest BCUT2D eigenvalue weighted by Crippen LogP contribution is 2.26. The number of halogens is 1. The average Bonchev–Trinajstić information content (AvgIpc) is 2.90. The van der Waals surface area contributed by atoms with Crippen molar-refractivity contribution < 1.29 is 0 Å². The lowest BCUT2D eigenvalue weighted by Crippen LogP contribution is -2.22. The standard InChI is InChI=1S/C14H22BrN5/c1-6-10-7-12(19(4)18-10)11(16-3)8-13-14(15)9(2)17-20(13)5/h7,11,16H,6,8H2,1-5H3. The van der Waals surface area contributed by atoms with Crippen molar-refractivity contribution in [3.05, 3.63) is 33.3 Å². The highest BCUT2D eigenvalue weighted by Gasteiger charge is 2.20. The smallest absolute Gasteiger partial charge is 0.0738 e. The van der Waals surface area contributed by atoms with E-state index in [1.54, 1.807) is 0 Å². The third-order valence-corrected chi connectivity index (χ3v) is 4.72. The zero-order valence-electron chi connectivity index (χ0n) is 12.7. The molecule has 2 heterocycles.